The van der Waals surface area contributed by atoms with Crippen LogP contribution < -0.4 is 10.4 Å². The summed E-state index contributed by atoms with van der Waals surface area (Å²) < 4.78 is -1.65. The number of aromatic nitrogens is 1. The molecule has 2 aromatic carbocycles. The van der Waals surface area contributed by atoms with Crippen molar-refractivity contribution in [3.05, 3.63) is 48.0 Å². The smallest absolute Gasteiger partial charge is 0.366 e. The number of hydroxylamine groups is 2. The standard InChI is InChI=1S/C23H21N3O5/c1-2-3-11-18(27)15-12-19(28)26(31,23(15)30)17-10-6-8-14-20(22(24)29)13-7-4-5-9-16(13)25-21(14)17/h4-10,15,31H,2-3,11-12H2,1H3,(H-,24,29)/p+1. The van der Waals surface area contributed by atoms with Crippen LogP contribution in [0, 0.1) is 5.92 Å². The van der Waals surface area contributed by atoms with Gasteiger partial charge < -0.3 is 5.73 Å². The quantitative estimate of drug-likeness (QED) is 0.207. The molecule has 8 heteroatoms. The van der Waals surface area contributed by atoms with Gasteiger partial charge in [0.25, 0.3) is 0 Å². The maximum absolute atomic E-state index is 13.1. The second-order valence-electron chi connectivity index (χ2n) is 7.74. The molecule has 3 aromatic rings. The van der Waals surface area contributed by atoms with Crippen LogP contribution >= 0.6 is 0 Å². The molecule has 1 saturated heterocycles. The number of benzene rings is 2. The first-order valence-corrected chi connectivity index (χ1v) is 10.1. The van der Waals surface area contributed by atoms with Crippen molar-refractivity contribution in [3.8, 4) is 0 Å². The zero-order valence-corrected chi connectivity index (χ0v) is 17.0. The summed E-state index contributed by atoms with van der Waals surface area (Å²) >= 11 is 0. The second-order valence-corrected chi connectivity index (χ2v) is 7.74. The van der Waals surface area contributed by atoms with Gasteiger partial charge in [-0.25, -0.2) is 14.6 Å². The van der Waals surface area contributed by atoms with E-state index in [4.69, 9.17) is 5.73 Å². The van der Waals surface area contributed by atoms with Crippen LogP contribution in [0.3, 0.4) is 0 Å². The van der Waals surface area contributed by atoms with Gasteiger partial charge in [0.2, 0.25) is 11.6 Å². The maximum Gasteiger partial charge on any atom is 0.369 e. The van der Waals surface area contributed by atoms with E-state index in [-0.39, 0.29) is 35.4 Å². The highest BCUT2D eigenvalue weighted by Crippen LogP contribution is 2.39. The summed E-state index contributed by atoms with van der Waals surface area (Å²) in [6.07, 6.45) is 1.18. The number of fused-ring (bicyclic) bond motifs is 2. The Bertz CT molecular complexity index is 1270. The van der Waals surface area contributed by atoms with Crippen LogP contribution in [-0.4, -0.2) is 33.7 Å². The molecule has 0 aliphatic carbocycles. The van der Waals surface area contributed by atoms with E-state index in [9.17, 15) is 24.4 Å². The number of imide groups is 1. The molecule has 2 atom stereocenters. The molecule has 8 nitrogen and oxygen atoms in total. The van der Waals surface area contributed by atoms with E-state index in [0.29, 0.717) is 22.7 Å². The minimum Gasteiger partial charge on any atom is -0.366 e. The second kappa shape index (κ2) is 7.64. The molecule has 1 aliphatic rings. The van der Waals surface area contributed by atoms with Crippen molar-refractivity contribution >= 4 is 51.0 Å². The predicted molar refractivity (Wildman–Crippen MR) is 114 cm³/mol. The lowest BCUT2D eigenvalue weighted by atomic mass is 9.98. The first-order valence-electron chi connectivity index (χ1n) is 10.1. The Hall–Kier alpha value is -3.49. The number of quaternary nitrogens is 1. The summed E-state index contributed by atoms with van der Waals surface area (Å²) in [7, 11) is 0. The van der Waals surface area contributed by atoms with Gasteiger partial charge in [-0.1, -0.05) is 43.7 Å². The first-order chi connectivity index (χ1) is 14.8. The van der Waals surface area contributed by atoms with Crippen LogP contribution in [0.15, 0.2) is 42.5 Å². The van der Waals surface area contributed by atoms with Gasteiger partial charge in [-0.3, -0.25) is 9.59 Å². The number of ketones is 1. The summed E-state index contributed by atoms with van der Waals surface area (Å²) in [6.45, 7) is 1.92. The largest absolute Gasteiger partial charge is 0.369 e. The van der Waals surface area contributed by atoms with Gasteiger partial charge in [0.15, 0.2) is 0 Å². The van der Waals surface area contributed by atoms with Crippen molar-refractivity contribution in [2.45, 2.75) is 32.6 Å². The van der Waals surface area contributed by atoms with E-state index in [2.05, 4.69) is 4.98 Å². The van der Waals surface area contributed by atoms with Crippen molar-refractivity contribution in [1.82, 2.24) is 9.63 Å². The van der Waals surface area contributed by atoms with Gasteiger partial charge in [-0.05, 0) is 17.1 Å². The molecule has 31 heavy (non-hydrogen) atoms. The number of nitrogens with two attached hydrogens (primary N) is 1. The number of para-hydroxylation sites is 2. The number of Topliss-reactive ketones (excluding diaryl/α,β-unsaturated/α-hetero) is 1. The van der Waals surface area contributed by atoms with Crippen LogP contribution in [-0.2, 0) is 14.4 Å². The highest BCUT2D eigenvalue weighted by Gasteiger charge is 2.60. The summed E-state index contributed by atoms with van der Waals surface area (Å²) in [5.41, 5.74) is 6.27. The third-order valence-electron chi connectivity index (χ3n) is 5.81. The lowest BCUT2D eigenvalue weighted by Crippen LogP contribution is -2.52. The number of hydrogen-bond acceptors (Lipinski definition) is 6. The number of nitrogens with zero attached hydrogens (tertiary/aromatic N) is 2. The number of carbonyl (C=O) groups is 4. The van der Waals surface area contributed by atoms with E-state index in [1.165, 1.54) is 12.1 Å². The Labute approximate surface area is 177 Å². The molecular formula is C23H22N3O5+. The Morgan fingerprint density at radius 2 is 1.84 bits per heavy atom. The van der Waals surface area contributed by atoms with Gasteiger partial charge in [-0.2, -0.15) is 5.21 Å². The summed E-state index contributed by atoms with van der Waals surface area (Å²) in [6, 6.07) is 11.4. The zero-order valence-electron chi connectivity index (χ0n) is 17.0. The molecule has 0 saturated carbocycles. The average molecular weight is 420 g/mol. The minimum atomic E-state index is -1.65. The molecule has 1 fully saturated rings. The van der Waals surface area contributed by atoms with E-state index < -0.39 is 28.3 Å². The van der Waals surface area contributed by atoms with Gasteiger partial charge in [0, 0.05) is 23.3 Å². The maximum atomic E-state index is 13.1. The van der Waals surface area contributed by atoms with Crippen molar-refractivity contribution in [2.24, 2.45) is 11.7 Å². The predicted octanol–water partition coefficient (Wildman–Crippen LogP) is 3.02. The monoisotopic (exact) mass is 420 g/mol. The minimum absolute atomic E-state index is 0.0912. The number of amides is 3. The molecule has 1 aromatic heterocycles. The SMILES string of the molecule is CCCCC(=O)C1CC(=O)[N+](O)(c2cccc3c(C(N)=O)c4ccccc4nc23)C1=O. The fourth-order valence-corrected chi connectivity index (χ4v) is 4.20. The van der Waals surface area contributed by atoms with Gasteiger partial charge in [0.05, 0.1) is 17.5 Å². The van der Waals surface area contributed by atoms with Crippen molar-refractivity contribution in [2.75, 3.05) is 0 Å². The highest BCUT2D eigenvalue weighted by atomic mass is 16.6. The van der Waals surface area contributed by atoms with E-state index in [0.717, 1.165) is 6.42 Å². The van der Waals surface area contributed by atoms with E-state index in [1.807, 2.05) is 6.92 Å². The summed E-state index contributed by atoms with van der Waals surface area (Å²) in [5.74, 6) is -3.95. The van der Waals surface area contributed by atoms with E-state index >= 15 is 0 Å². The first kappa shape index (κ1) is 20.8. The Kier molecular flexibility index (Phi) is 5.12. The lowest BCUT2D eigenvalue weighted by Gasteiger charge is -2.21. The fourth-order valence-electron chi connectivity index (χ4n) is 4.20. The summed E-state index contributed by atoms with van der Waals surface area (Å²) in [5, 5.41) is 12.1. The number of carbonyl (C=O) groups excluding carboxylic acids is 4. The third kappa shape index (κ3) is 3.11. The molecular weight excluding hydrogens is 398 g/mol. The van der Waals surface area contributed by atoms with Gasteiger partial charge in [-0.15, -0.1) is 0 Å². The number of hydrogen-bond donors (Lipinski definition) is 2. The topological polar surface area (TPSA) is 127 Å². The van der Waals surface area contributed by atoms with Crippen LogP contribution in [0.5, 0.6) is 0 Å². The molecule has 2 unspecified atom stereocenters. The van der Waals surface area contributed by atoms with Gasteiger partial charge in [0.1, 0.15) is 17.2 Å². The molecule has 1 aliphatic heterocycles. The number of pyridine rings is 1. The normalized spacial score (nSPS) is 21.2. The summed E-state index contributed by atoms with van der Waals surface area (Å²) in [4.78, 5) is 55.3. The Morgan fingerprint density at radius 3 is 2.55 bits per heavy atom. The molecule has 4 rings (SSSR count). The average Bonchev–Trinajstić information content (AvgIpc) is 2.99. The fraction of sp³-hybridized carbons (Fsp3) is 0.261. The Morgan fingerprint density at radius 1 is 1.13 bits per heavy atom. The van der Waals surface area contributed by atoms with Crippen LogP contribution in [0.1, 0.15) is 43.0 Å². The van der Waals surface area contributed by atoms with Crippen LogP contribution in [0.2, 0.25) is 0 Å². The zero-order chi connectivity index (χ0) is 22.3. The third-order valence-corrected chi connectivity index (χ3v) is 5.81. The number of primary amides is 1. The Balaban J connectivity index is 1.94. The molecule has 0 radical (unpaired) electrons. The van der Waals surface area contributed by atoms with Gasteiger partial charge >= 0.3 is 11.8 Å². The molecule has 3 N–H and O–H groups in total. The van der Waals surface area contributed by atoms with Crippen LogP contribution in [0.25, 0.3) is 21.8 Å². The number of rotatable bonds is 6. The molecule has 158 valence electrons. The molecule has 3 amide bonds. The van der Waals surface area contributed by atoms with E-state index in [1.54, 1.807) is 30.3 Å². The highest BCUT2D eigenvalue weighted by molar-refractivity contribution is 6.24. The molecule has 0 spiro atoms. The lowest BCUT2D eigenvalue weighted by molar-refractivity contribution is -0.169. The van der Waals surface area contributed by atoms with Crippen molar-refractivity contribution < 1.29 is 24.4 Å². The molecule has 0 bridgehead atoms. The van der Waals surface area contributed by atoms with Crippen molar-refractivity contribution in [1.29, 1.82) is 0 Å². The number of unbranched alkanes of at least 4 members (excludes halogenated alkanes) is 1. The molecule has 2 heterocycles. The van der Waals surface area contributed by atoms with Crippen LogP contribution in [0.4, 0.5) is 5.69 Å². The van der Waals surface area contributed by atoms with Crippen molar-refractivity contribution in [3.63, 3.8) is 0 Å².